The first-order valence-electron chi connectivity index (χ1n) is 3.66. The van der Waals surface area contributed by atoms with Crippen molar-refractivity contribution in [2.24, 2.45) is 0 Å². The van der Waals surface area contributed by atoms with Crippen LogP contribution in [0.15, 0.2) is 30.3 Å². The molecule has 0 bridgehead atoms. The summed E-state index contributed by atoms with van der Waals surface area (Å²) in [5.74, 6) is 0. The van der Waals surface area contributed by atoms with Crippen LogP contribution in [0.1, 0.15) is 0 Å². The van der Waals surface area contributed by atoms with Gasteiger partial charge < -0.3 is 0 Å². The zero-order chi connectivity index (χ0) is 8.97. The summed E-state index contributed by atoms with van der Waals surface area (Å²) in [5.41, 5.74) is 3.69. The summed E-state index contributed by atoms with van der Waals surface area (Å²) in [6, 6.07) is 9.89. The molecule has 0 heterocycles. The Balaban J connectivity index is 2.88. The van der Waals surface area contributed by atoms with Gasteiger partial charge in [-0.25, -0.2) is 5.01 Å². The van der Waals surface area contributed by atoms with Gasteiger partial charge in [0.15, 0.2) is 5.49 Å². The fourth-order valence-electron chi connectivity index (χ4n) is 0.934. The normalized spacial score (nSPS) is 9.92. The summed E-state index contributed by atoms with van der Waals surface area (Å²) in [4.78, 5) is 0. The number of hydrogen-bond donors (Lipinski definition) is 0. The molecule has 0 amide bonds. The number of benzene rings is 1. The summed E-state index contributed by atoms with van der Waals surface area (Å²) in [6.07, 6.45) is 0. The molecule has 0 aliphatic carbocycles. The van der Waals surface area contributed by atoms with Gasteiger partial charge in [-0.3, -0.25) is 5.01 Å². The molecule has 0 aliphatic heterocycles. The highest BCUT2D eigenvalue weighted by atomic mass is 32.1. The van der Waals surface area contributed by atoms with E-state index in [1.807, 2.05) is 49.4 Å². The van der Waals surface area contributed by atoms with Crippen molar-refractivity contribution >= 4 is 23.4 Å². The lowest BCUT2D eigenvalue weighted by Gasteiger charge is -2.24. The van der Waals surface area contributed by atoms with E-state index in [4.69, 9.17) is 12.2 Å². The minimum absolute atomic E-state index is 1.03. The smallest absolute Gasteiger partial charge is 0.157 e. The minimum atomic E-state index is 1.03. The van der Waals surface area contributed by atoms with E-state index in [0.29, 0.717) is 0 Å². The lowest BCUT2D eigenvalue weighted by atomic mass is 10.3. The Kier molecular flexibility index (Phi) is 3.19. The van der Waals surface area contributed by atoms with E-state index in [-0.39, 0.29) is 0 Å². The Hall–Kier alpha value is -0.930. The first kappa shape index (κ1) is 9.16. The van der Waals surface area contributed by atoms with Gasteiger partial charge in [0, 0.05) is 14.1 Å². The Morgan fingerprint density at radius 2 is 1.75 bits per heavy atom. The van der Waals surface area contributed by atoms with Crippen LogP contribution in [0.3, 0.4) is 0 Å². The highest BCUT2D eigenvalue weighted by molar-refractivity contribution is 7.79. The topological polar surface area (TPSA) is 6.48 Å². The number of anilines is 1. The molecule has 0 N–H and O–H groups in total. The number of thiocarbonyl (C=S) groups is 1. The molecule has 2 nitrogen and oxygen atoms in total. The Labute approximate surface area is 78.4 Å². The van der Waals surface area contributed by atoms with Crippen molar-refractivity contribution in [3.8, 4) is 0 Å². The largest absolute Gasteiger partial charge is 0.261 e. The van der Waals surface area contributed by atoms with Crippen molar-refractivity contribution in [2.75, 3.05) is 19.1 Å². The molecule has 12 heavy (non-hydrogen) atoms. The van der Waals surface area contributed by atoms with Crippen LogP contribution in [-0.4, -0.2) is 24.6 Å². The van der Waals surface area contributed by atoms with Gasteiger partial charge in [0.1, 0.15) is 0 Å². The van der Waals surface area contributed by atoms with Crippen molar-refractivity contribution in [3.63, 3.8) is 0 Å². The average Bonchev–Trinajstić information content (AvgIpc) is 2.07. The van der Waals surface area contributed by atoms with Gasteiger partial charge in [0.2, 0.25) is 0 Å². The van der Waals surface area contributed by atoms with Gasteiger partial charge >= 0.3 is 0 Å². The molecule has 0 unspecified atom stereocenters. The molecule has 0 saturated carbocycles. The lowest BCUT2D eigenvalue weighted by Crippen LogP contribution is -2.34. The fourth-order valence-corrected chi connectivity index (χ4v) is 1.20. The Morgan fingerprint density at radius 1 is 1.17 bits per heavy atom. The van der Waals surface area contributed by atoms with Crippen LogP contribution in [0, 0.1) is 0 Å². The second kappa shape index (κ2) is 4.18. The second-order valence-electron chi connectivity index (χ2n) is 2.59. The molecular formula is C9H11N2S. The Bertz CT molecular complexity index is 246. The van der Waals surface area contributed by atoms with Gasteiger partial charge in [0.05, 0.1) is 5.69 Å². The molecule has 0 saturated heterocycles. The molecule has 0 fully saturated rings. The van der Waals surface area contributed by atoms with Crippen molar-refractivity contribution in [1.82, 2.24) is 5.01 Å². The zero-order valence-electron chi connectivity index (χ0n) is 7.19. The summed E-state index contributed by atoms with van der Waals surface area (Å²) in [6.45, 7) is 0. The van der Waals surface area contributed by atoms with Gasteiger partial charge in [-0.15, -0.1) is 0 Å². The maximum absolute atomic E-state index is 4.77. The number of rotatable bonds is 3. The number of para-hydroxylation sites is 1. The van der Waals surface area contributed by atoms with Crippen molar-refractivity contribution in [3.05, 3.63) is 30.3 Å². The van der Waals surface area contributed by atoms with E-state index in [1.165, 1.54) is 0 Å². The SMILES string of the molecule is CN(C)N([C]=S)c1ccccc1. The molecule has 0 aliphatic rings. The van der Waals surface area contributed by atoms with Crippen LogP contribution < -0.4 is 5.01 Å². The minimum Gasteiger partial charge on any atom is -0.261 e. The number of nitrogens with zero attached hydrogens (tertiary/aromatic N) is 2. The van der Waals surface area contributed by atoms with Crippen molar-refractivity contribution in [2.45, 2.75) is 0 Å². The molecule has 63 valence electrons. The van der Waals surface area contributed by atoms with Crippen LogP contribution in [0.5, 0.6) is 0 Å². The molecule has 0 spiro atoms. The first-order chi connectivity index (χ1) is 5.75. The third-order valence-corrected chi connectivity index (χ3v) is 1.66. The van der Waals surface area contributed by atoms with E-state index in [1.54, 1.807) is 5.01 Å². The maximum atomic E-state index is 4.77. The summed E-state index contributed by atoms with van der Waals surface area (Å²) in [5, 5.41) is 3.65. The summed E-state index contributed by atoms with van der Waals surface area (Å²) in [7, 11) is 3.85. The summed E-state index contributed by atoms with van der Waals surface area (Å²) < 4.78 is 0. The standard InChI is InChI=1S/C9H11N2S/c1-10(2)11(8-12)9-6-4-3-5-7-9/h3-7H,1-2H3. The molecule has 1 aromatic carbocycles. The van der Waals surface area contributed by atoms with Crippen LogP contribution in [-0.2, 0) is 0 Å². The van der Waals surface area contributed by atoms with Crippen molar-refractivity contribution < 1.29 is 0 Å². The maximum Gasteiger partial charge on any atom is 0.157 e. The second-order valence-corrected chi connectivity index (χ2v) is 2.77. The van der Waals surface area contributed by atoms with Crippen LogP contribution >= 0.6 is 12.2 Å². The molecule has 0 atom stereocenters. The molecule has 1 aromatic rings. The van der Waals surface area contributed by atoms with Crippen molar-refractivity contribution in [1.29, 1.82) is 0 Å². The van der Waals surface area contributed by atoms with Gasteiger partial charge in [-0.1, -0.05) is 30.4 Å². The predicted octanol–water partition coefficient (Wildman–Crippen LogP) is 1.80. The van der Waals surface area contributed by atoms with Crippen LogP contribution in [0.2, 0.25) is 0 Å². The monoisotopic (exact) mass is 179 g/mol. The Morgan fingerprint density at radius 3 is 2.17 bits per heavy atom. The van der Waals surface area contributed by atoms with E-state index in [2.05, 4.69) is 5.49 Å². The quantitative estimate of drug-likeness (QED) is 0.397. The van der Waals surface area contributed by atoms with Gasteiger partial charge in [-0.05, 0) is 12.1 Å². The molecule has 1 radical (unpaired) electrons. The van der Waals surface area contributed by atoms with Gasteiger partial charge in [0.25, 0.3) is 0 Å². The molecule has 0 aromatic heterocycles. The molecule has 3 heteroatoms. The third-order valence-electron chi connectivity index (χ3n) is 1.49. The summed E-state index contributed by atoms with van der Waals surface area (Å²) >= 11 is 4.77. The number of hydrazine groups is 1. The third kappa shape index (κ3) is 2.03. The number of hydrogen-bond acceptors (Lipinski definition) is 2. The van der Waals surface area contributed by atoms with E-state index < -0.39 is 0 Å². The zero-order valence-corrected chi connectivity index (χ0v) is 8.01. The molecule has 1 rings (SSSR count). The fraction of sp³-hybridized carbons (Fsp3) is 0.222. The highest BCUT2D eigenvalue weighted by Crippen LogP contribution is 2.11. The van der Waals surface area contributed by atoms with E-state index in [0.717, 1.165) is 5.69 Å². The van der Waals surface area contributed by atoms with Crippen LogP contribution in [0.4, 0.5) is 5.69 Å². The average molecular weight is 179 g/mol. The first-order valence-corrected chi connectivity index (χ1v) is 4.06. The van der Waals surface area contributed by atoms with Crippen LogP contribution in [0.25, 0.3) is 0 Å². The lowest BCUT2D eigenvalue weighted by molar-refractivity contribution is 0.435. The van der Waals surface area contributed by atoms with Gasteiger partial charge in [-0.2, -0.15) is 0 Å². The predicted molar refractivity (Wildman–Crippen MR) is 55.2 cm³/mol. The highest BCUT2D eigenvalue weighted by Gasteiger charge is 2.03. The van der Waals surface area contributed by atoms with E-state index in [9.17, 15) is 0 Å². The van der Waals surface area contributed by atoms with E-state index >= 15 is 0 Å². The molecular weight excluding hydrogens is 168 g/mol.